The summed E-state index contributed by atoms with van der Waals surface area (Å²) in [7, 11) is 1.40. The molecule has 1 aliphatic rings. The molecule has 0 amide bonds. The predicted octanol–water partition coefficient (Wildman–Crippen LogP) is 1.65. The Morgan fingerprint density at radius 3 is 2.55 bits per heavy atom. The van der Waals surface area contributed by atoms with Crippen LogP contribution in [0, 0.1) is 12.7 Å². The number of pyridine rings is 1. The first kappa shape index (κ1) is 14.5. The average molecular weight is 303 g/mol. The molecule has 3 rings (SSSR count). The van der Waals surface area contributed by atoms with Gasteiger partial charge in [-0.05, 0) is 18.6 Å². The fourth-order valence-electron chi connectivity index (χ4n) is 2.56. The van der Waals surface area contributed by atoms with E-state index >= 15 is 0 Å². The Kier molecular flexibility index (Phi) is 4.04. The Bertz CT molecular complexity index is 658. The Labute approximate surface area is 128 Å². The third kappa shape index (κ3) is 2.79. The van der Waals surface area contributed by atoms with Gasteiger partial charge in [0.25, 0.3) is 5.88 Å². The molecule has 1 fully saturated rings. The molecule has 0 aliphatic carbocycles. The summed E-state index contributed by atoms with van der Waals surface area (Å²) in [5, 5.41) is 0. The van der Waals surface area contributed by atoms with Crippen molar-refractivity contribution in [3.8, 4) is 5.88 Å². The first-order valence-electron chi connectivity index (χ1n) is 7.17. The summed E-state index contributed by atoms with van der Waals surface area (Å²) in [4.78, 5) is 16.9. The summed E-state index contributed by atoms with van der Waals surface area (Å²) in [6.07, 6.45) is 2.96. The van der Waals surface area contributed by atoms with E-state index in [2.05, 4.69) is 32.8 Å². The average Bonchev–Trinajstić information content (AvgIpc) is 2.56. The second kappa shape index (κ2) is 6.13. The minimum Gasteiger partial charge on any atom is -0.479 e. The zero-order chi connectivity index (χ0) is 15.5. The van der Waals surface area contributed by atoms with Crippen LogP contribution in [0.1, 0.15) is 5.56 Å². The smallest absolute Gasteiger partial charge is 0.255 e. The van der Waals surface area contributed by atoms with Crippen molar-refractivity contribution >= 4 is 11.8 Å². The highest BCUT2D eigenvalue weighted by atomic mass is 19.1. The molecule has 0 saturated carbocycles. The zero-order valence-electron chi connectivity index (χ0n) is 12.7. The van der Waals surface area contributed by atoms with Gasteiger partial charge in [-0.1, -0.05) is 6.07 Å². The third-order valence-electron chi connectivity index (χ3n) is 3.74. The van der Waals surface area contributed by atoms with Crippen molar-refractivity contribution < 1.29 is 9.13 Å². The summed E-state index contributed by atoms with van der Waals surface area (Å²) in [6.45, 7) is 5.21. The molecule has 0 spiro atoms. The molecule has 6 nitrogen and oxygen atoms in total. The minimum atomic E-state index is -0.547. The van der Waals surface area contributed by atoms with Crippen LogP contribution in [0.25, 0.3) is 0 Å². The van der Waals surface area contributed by atoms with Crippen LogP contribution in [-0.2, 0) is 0 Å². The Morgan fingerprint density at radius 1 is 1.14 bits per heavy atom. The summed E-state index contributed by atoms with van der Waals surface area (Å²) in [5.74, 6) is 0.942. The summed E-state index contributed by atoms with van der Waals surface area (Å²) in [6, 6.07) is 4.00. The van der Waals surface area contributed by atoms with E-state index in [4.69, 9.17) is 4.74 Å². The molecule has 1 aliphatic heterocycles. The van der Waals surface area contributed by atoms with E-state index in [1.807, 2.05) is 17.2 Å². The maximum absolute atomic E-state index is 13.4. The lowest BCUT2D eigenvalue weighted by Gasteiger charge is -2.36. The molecule has 0 atom stereocenters. The molecule has 0 bridgehead atoms. The molecule has 0 radical (unpaired) electrons. The number of hydrogen-bond donors (Lipinski definition) is 0. The zero-order valence-corrected chi connectivity index (χ0v) is 12.7. The molecule has 2 aromatic heterocycles. The monoisotopic (exact) mass is 303 g/mol. The van der Waals surface area contributed by atoms with Gasteiger partial charge in [-0.15, -0.1) is 0 Å². The van der Waals surface area contributed by atoms with Crippen LogP contribution in [0.2, 0.25) is 0 Å². The van der Waals surface area contributed by atoms with Gasteiger partial charge in [0.05, 0.1) is 13.3 Å². The molecule has 0 N–H and O–H groups in total. The first-order valence-corrected chi connectivity index (χ1v) is 7.17. The van der Waals surface area contributed by atoms with E-state index in [0.29, 0.717) is 5.95 Å². The summed E-state index contributed by atoms with van der Waals surface area (Å²) in [5.41, 5.74) is 1.16. The quantitative estimate of drug-likeness (QED) is 0.859. The Hall–Kier alpha value is -2.44. The number of hydrogen-bond acceptors (Lipinski definition) is 6. The van der Waals surface area contributed by atoms with Gasteiger partial charge in [0.2, 0.25) is 11.8 Å². The molecule has 2 aromatic rings. The SMILES string of the molecule is COc1nc(N2CCN(c3ncccc3C)CC2)ncc1F. The number of ether oxygens (including phenoxy) is 1. The van der Waals surface area contributed by atoms with Crippen molar-refractivity contribution in [3.63, 3.8) is 0 Å². The van der Waals surface area contributed by atoms with Crippen LogP contribution in [-0.4, -0.2) is 48.2 Å². The Morgan fingerprint density at radius 2 is 1.86 bits per heavy atom. The second-order valence-corrected chi connectivity index (χ2v) is 5.15. The van der Waals surface area contributed by atoms with Crippen LogP contribution >= 0.6 is 0 Å². The van der Waals surface area contributed by atoms with Crippen molar-refractivity contribution in [2.45, 2.75) is 6.92 Å². The lowest BCUT2D eigenvalue weighted by Crippen LogP contribution is -2.47. The van der Waals surface area contributed by atoms with Gasteiger partial charge in [0.1, 0.15) is 5.82 Å². The molecule has 0 unspecified atom stereocenters. The third-order valence-corrected chi connectivity index (χ3v) is 3.74. The number of aryl methyl sites for hydroxylation is 1. The molecule has 1 saturated heterocycles. The fourth-order valence-corrected chi connectivity index (χ4v) is 2.56. The van der Waals surface area contributed by atoms with Crippen LogP contribution < -0.4 is 14.5 Å². The lowest BCUT2D eigenvalue weighted by atomic mass is 10.2. The lowest BCUT2D eigenvalue weighted by molar-refractivity contribution is 0.366. The summed E-state index contributed by atoms with van der Waals surface area (Å²) < 4.78 is 18.3. The molecule has 7 heteroatoms. The number of methoxy groups -OCH3 is 1. The highest BCUT2D eigenvalue weighted by Crippen LogP contribution is 2.21. The number of anilines is 2. The molecule has 3 heterocycles. The summed E-state index contributed by atoms with van der Waals surface area (Å²) >= 11 is 0. The van der Waals surface area contributed by atoms with Crippen molar-refractivity contribution in [2.24, 2.45) is 0 Å². The molecule has 116 valence electrons. The van der Waals surface area contributed by atoms with E-state index in [-0.39, 0.29) is 5.88 Å². The molecular weight excluding hydrogens is 285 g/mol. The van der Waals surface area contributed by atoms with Gasteiger partial charge in [0.15, 0.2) is 0 Å². The first-order chi connectivity index (χ1) is 10.7. The van der Waals surface area contributed by atoms with Gasteiger partial charge < -0.3 is 14.5 Å². The van der Waals surface area contributed by atoms with E-state index in [0.717, 1.165) is 43.8 Å². The van der Waals surface area contributed by atoms with Crippen molar-refractivity contribution in [1.82, 2.24) is 15.0 Å². The molecule has 0 aromatic carbocycles. The number of piperazine rings is 1. The highest BCUT2D eigenvalue weighted by molar-refractivity contribution is 5.48. The molecule has 22 heavy (non-hydrogen) atoms. The van der Waals surface area contributed by atoms with E-state index < -0.39 is 5.82 Å². The minimum absolute atomic E-state index is 0.0204. The number of nitrogens with zero attached hydrogens (tertiary/aromatic N) is 5. The van der Waals surface area contributed by atoms with Crippen LogP contribution in [0.15, 0.2) is 24.5 Å². The van der Waals surface area contributed by atoms with Gasteiger partial charge in [-0.3, -0.25) is 0 Å². The van der Waals surface area contributed by atoms with Gasteiger partial charge in [-0.2, -0.15) is 9.37 Å². The largest absolute Gasteiger partial charge is 0.479 e. The van der Waals surface area contributed by atoms with E-state index in [9.17, 15) is 4.39 Å². The van der Waals surface area contributed by atoms with Gasteiger partial charge >= 0.3 is 0 Å². The van der Waals surface area contributed by atoms with Crippen LogP contribution in [0.5, 0.6) is 5.88 Å². The predicted molar refractivity (Wildman–Crippen MR) is 81.9 cm³/mol. The topological polar surface area (TPSA) is 54.4 Å². The van der Waals surface area contributed by atoms with E-state index in [1.165, 1.54) is 7.11 Å². The van der Waals surface area contributed by atoms with Crippen molar-refractivity contribution in [3.05, 3.63) is 35.9 Å². The number of rotatable bonds is 3. The standard InChI is InChI=1S/C15H18FN5O/c1-11-4-3-5-17-13(11)20-6-8-21(9-7-20)15-18-10-12(16)14(19-15)22-2/h3-5,10H,6-9H2,1-2H3. The molecular formula is C15H18FN5O. The normalized spacial score (nSPS) is 15.0. The van der Waals surface area contributed by atoms with Crippen molar-refractivity contribution in [2.75, 3.05) is 43.1 Å². The Balaban J connectivity index is 1.71. The van der Waals surface area contributed by atoms with Gasteiger partial charge in [-0.25, -0.2) is 9.97 Å². The fraction of sp³-hybridized carbons (Fsp3) is 0.400. The van der Waals surface area contributed by atoms with E-state index in [1.54, 1.807) is 0 Å². The maximum atomic E-state index is 13.4. The van der Waals surface area contributed by atoms with Crippen molar-refractivity contribution in [1.29, 1.82) is 0 Å². The highest BCUT2D eigenvalue weighted by Gasteiger charge is 2.21. The number of aromatic nitrogens is 3. The van der Waals surface area contributed by atoms with Crippen LogP contribution in [0.3, 0.4) is 0 Å². The second-order valence-electron chi connectivity index (χ2n) is 5.15. The van der Waals surface area contributed by atoms with Crippen LogP contribution in [0.4, 0.5) is 16.2 Å². The number of halogens is 1. The maximum Gasteiger partial charge on any atom is 0.255 e. The van der Waals surface area contributed by atoms with Gasteiger partial charge in [0, 0.05) is 32.4 Å².